The summed E-state index contributed by atoms with van der Waals surface area (Å²) in [6, 6.07) is 21.5. The number of rotatable bonds is 7. The zero-order valence-corrected chi connectivity index (χ0v) is 18.0. The molecule has 0 aliphatic rings. The van der Waals surface area contributed by atoms with E-state index in [2.05, 4.69) is 10.6 Å². The van der Waals surface area contributed by atoms with Gasteiger partial charge in [-0.1, -0.05) is 25.1 Å². The number of anilines is 2. The van der Waals surface area contributed by atoms with Crippen LogP contribution in [0.3, 0.4) is 0 Å². The minimum Gasteiger partial charge on any atom is -0.494 e. The highest BCUT2D eigenvalue weighted by Gasteiger charge is 2.14. The van der Waals surface area contributed by atoms with Crippen LogP contribution in [0.4, 0.5) is 11.4 Å². The Labute approximate surface area is 186 Å². The van der Waals surface area contributed by atoms with Gasteiger partial charge in [0, 0.05) is 22.3 Å². The average Bonchev–Trinajstić information content (AvgIpc) is 3.24. The van der Waals surface area contributed by atoms with Crippen molar-refractivity contribution in [2.75, 3.05) is 17.2 Å². The molecule has 0 saturated heterocycles. The summed E-state index contributed by atoms with van der Waals surface area (Å²) in [5.74, 6) is 0.440. The lowest BCUT2D eigenvalue weighted by Gasteiger charge is -2.11. The molecule has 2 N–H and O–H groups in total. The lowest BCUT2D eigenvalue weighted by Crippen LogP contribution is -2.14. The van der Waals surface area contributed by atoms with Gasteiger partial charge in [-0.2, -0.15) is 0 Å². The topological polar surface area (TPSA) is 80.6 Å². The third kappa shape index (κ3) is 4.81. The molecule has 162 valence electrons. The largest absolute Gasteiger partial charge is 0.494 e. The zero-order chi connectivity index (χ0) is 22.5. The van der Waals surface area contributed by atoms with E-state index < -0.39 is 0 Å². The van der Waals surface area contributed by atoms with Crippen molar-refractivity contribution in [3.05, 3.63) is 89.7 Å². The number of ether oxygens (including phenoxy) is 1. The van der Waals surface area contributed by atoms with Crippen LogP contribution in [0.5, 0.6) is 5.75 Å². The molecule has 0 saturated carbocycles. The number of benzene rings is 3. The van der Waals surface area contributed by atoms with Crippen LogP contribution in [0.15, 0.2) is 77.2 Å². The Bertz CT molecular complexity index is 1230. The predicted molar refractivity (Wildman–Crippen MR) is 126 cm³/mol. The quantitative estimate of drug-likeness (QED) is 0.376. The van der Waals surface area contributed by atoms with Gasteiger partial charge in [0.05, 0.1) is 6.61 Å². The van der Waals surface area contributed by atoms with Crippen LogP contribution < -0.4 is 15.4 Å². The van der Waals surface area contributed by atoms with Gasteiger partial charge >= 0.3 is 0 Å². The molecule has 0 atom stereocenters. The lowest BCUT2D eigenvalue weighted by atomic mass is 10.1. The number of amides is 2. The van der Waals surface area contributed by atoms with Crippen molar-refractivity contribution in [2.45, 2.75) is 20.3 Å². The van der Waals surface area contributed by atoms with Crippen LogP contribution in [0.25, 0.3) is 11.0 Å². The molecule has 3 aromatic carbocycles. The molecule has 6 nitrogen and oxygen atoms in total. The number of carbonyl (C=O) groups is 2. The Morgan fingerprint density at radius 2 is 1.69 bits per heavy atom. The summed E-state index contributed by atoms with van der Waals surface area (Å²) in [4.78, 5) is 25.1. The number of furan rings is 1. The van der Waals surface area contributed by atoms with Crippen molar-refractivity contribution in [2.24, 2.45) is 0 Å². The zero-order valence-electron chi connectivity index (χ0n) is 18.0. The molecule has 0 radical (unpaired) electrons. The smallest absolute Gasteiger partial charge is 0.291 e. The summed E-state index contributed by atoms with van der Waals surface area (Å²) < 4.78 is 11.2. The molecule has 32 heavy (non-hydrogen) atoms. The van der Waals surface area contributed by atoms with Crippen molar-refractivity contribution in [3.63, 3.8) is 0 Å². The van der Waals surface area contributed by atoms with E-state index in [0.717, 1.165) is 23.1 Å². The molecule has 0 spiro atoms. The summed E-state index contributed by atoms with van der Waals surface area (Å²) in [7, 11) is 0. The molecule has 1 aromatic heterocycles. The number of carbonyl (C=O) groups excluding carboxylic acids is 2. The molecule has 6 heteroatoms. The number of hydrogen-bond acceptors (Lipinski definition) is 4. The van der Waals surface area contributed by atoms with Crippen LogP contribution >= 0.6 is 0 Å². The average molecular weight is 428 g/mol. The van der Waals surface area contributed by atoms with Gasteiger partial charge in [0.1, 0.15) is 11.3 Å². The maximum Gasteiger partial charge on any atom is 0.291 e. The number of fused-ring (bicyclic) bond motifs is 1. The van der Waals surface area contributed by atoms with Gasteiger partial charge < -0.3 is 19.8 Å². The SMILES string of the molecule is CCCOc1ccc(C(=O)Nc2ccc(NC(=O)c3cc4ccccc4o3)c(C)c2)cc1. The van der Waals surface area contributed by atoms with E-state index >= 15 is 0 Å². The van der Waals surface area contributed by atoms with Gasteiger partial charge in [0.25, 0.3) is 11.8 Å². The Morgan fingerprint density at radius 3 is 2.41 bits per heavy atom. The highest BCUT2D eigenvalue weighted by Crippen LogP contribution is 2.23. The first kappa shape index (κ1) is 21.2. The van der Waals surface area contributed by atoms with Gasteiger partial charge in [-0.15, -0.1) is 0 Å². The highest BCUT2D eigenvalue weighted by molar-refractivity contribution is 6.06. The second-order valence-corrected chi connectivity index (χ2v) is 7.46. The molecule has 0 aliphatic carbocycles. The van der Waals surface area contributed by atoms with Gasteiger partial charge in [0.2, 0.25) is 0 Å². The highest BCUT2D eigenvalue weighted by atomic mass is 16.5. The second kappa shape index (κ2) is 9.39. The molecule has 2 amide bonds. The fourth-order valence-corrected chi connectivity index (χ4v) is 3.29. The van der Waals surface area contributed by atoms with Crippen LogP contribution in [-0.2, 0) is 0 Å². The molecule has 0 fully saturated rings. The molecular formula is C26H24N2O4. The number of aryl methyl sites for hydroxylation is 1. The van der Waals surface area contributed by atoms with Crippen LogP contribution in [-0.4, -0.2) is 18.4 Å². The number of para-hydroxylation sites is 1. The minimum absolute atomic E-state index is 0.217. The van der Waals surface area contributed by atoms with Crippen LogP contribution in [0.1, 0.15) is 39.8 Å². The first-order chi connectivity index (χ1) is 15.5. The lowest BCUT2D eigenvalue weighted by molar-refractivity contribution is 0.0996. The second-order valence-electron chi connectivity index (χ2n) is 7.46. The van der Waals surface area contributed by atoms with Crippen molar-refractivity contribution >= 4 is 34.2 Å². The maximum atomic E-state index is 12.6. The monoisotopic (exact) mass is 428 g/mol. The fourth-order valence-electron chi connectivity index (χ4n) is 3.29. The molecule has 0 bridgehead atoms. The van der Waals surface area contributed by atoms with Crippen molar-refractivity contribution in [1.82, 2.24) is 0 Å². The van der Waals surface area contributed by atoms with Crippen molar-refractivity contribution in [1.29, 1.82) is 0 Å². The minimum atomic E-state index is -0.327. The van der Waals surface area contributed by atoms with E-state index in [1.165, 1.54) is 0 Å². The third-order valence-electron chi connectivity index (χ3n) is 4.97. The van der Waals surface area contributed by atoms with E-state index in [4.69, 9.17) is 9.15 Å². The maximum absolute atomic E-state index is 12.6. The first-order valence-corrected chi connectivity index (χ1v) is 10.5. The van der Waals surface area contributed by atoms with E-state index in [9.17, 15) is 9.59 Å². The van der Waals surface area contributed by atoms with Crippen LogP contribution in [0, 0.1) is 6.92 Å². The Morgan fingerprint density at radius 1 is 0.906 bits per heavy atom. The van der Waals surface area contributed by atoms with E-state index in [-0.39, 0.29) is 17.6 Å². The van der Waals surface area contributed by atoms with E-state index in [0.29, 0.717) is 29.1 Å². The molecule has 4 aromatic rings. The predicted octanol–water partition coefficient (Wildman–Crippen LogP) is 6.03. The molecule has 0 aliphatic heterocycles. The number of nitrogens with one attached hydrogen (secondary N) is 2. The Hall–Kier alpha value is -4.06. The Balaban J connectivity index is 1.41. The van der Waals surface area contributed by atoms with E-state index in [1.807, 2.05) is 44.2 Å². The fraction of sp³-hybridized carbons (Fsp3) is 0.154. The molecule has 0 unspecified atom stereocenters. The summed E-state index contributed by atoms with van der Waals surface area (Å²) in [6.07, 6.45) is 0.927. The van der Waals surface area contributed by atoms with Gasteiger partial charge in [-0.3, -0.25) is 9.59 Å². The van der Waals surface area contributed by atoms with Crippen molar-refractivity contribution < 1.29 is 18.7 Å². The molecule has 4 rings (SSSR count). The summed E-state index contributed by atoms with van der Waals surface area (Å²) in [5.41, 5.74) is 3.30. The normalized spacial score (nSPS) is 10.7. The van der Waals surface area contributed by atoms with E-state index in [1.54, 1.807) is 42.5 Å². The first-order valence-electron chi connectivity index (χ1n) is 10.5. The van der Waals surface area contributed by atoms with Crippen molar-refractivity contribution in [3.8, 4) is 5.75 Å². The summed E-state index contributed by atoms with van der Waals surface area (Å²) in [6.45, 7) is 4.55. The van der Waals surface area contributed by atoms with Gasteiger partial charge in [0.15, 0.2) is 5.76 Å². The summed E-state index contributed by atoms with van der Waals surface area (Å²) in [5, 5.41) is 6.62. The third-order valence-corrected chi connectivity index (χ3v) is 4.97. The molecular weight excluding hydrogens is 404 g/mol. The number of hydrogen-bond donors (Lipinski definition) is 2. The van der Waals surface area contributed by atoms with Gasteiger partial charge in [-0.25, -0.2) is 0 Å². The standard InChI is InChI=1S/C26H24N2O4/c1-3-14-31-21-11-8-18(9-12-21)25(29)27-20-10-13-22(17(2)15-20)28-26(30)24-16-19-6-4-5-7-23(19)32-24/h4-13,15-16H,3,14H2,1-2H3,(H,27,29)(H,28,30). The van der Waals surface area contributed by atoms with Gasteiger partial charge in [-0.05, 0) is 73.5 Å². The summed E-state index contributed by atoms with van der Waals surface area (Å²) >= 11 is 0. The van der Waals surface area contributed by atoms with Crippen LogP contribution in [0.2, 0.25) is 0 Å². The Kier molecular flexibility index (Phi) is 6.22. The molecule has 1 heterocycles.